The van der Waals surface area contributed by atoms with Gasteiger partial charge in [0.25, 0.3) is 0 Å². The largest absolute Gasteiger partial charge is 0.392 e. The van der Waals surface area contributed by atoms with E-state index in [0.717, 1.165) is 41.9 Å². The molecule has 1 aromatic heterocycles. The summed E-state index contributed by atoms with van der Waals surface area (Å²) in [6.45, 7) is 1.22. The van der Waals surface area contributed by atoms with E-state index in [0.29, 0.717) is 6.04 Å². The Kier molecular flexibility index (Phi) is 4.58. The number of hydrogen-bond donors (Lipinski definition) is 2. The molecule has 1 fully saturated rings. The summed E-state index contributed by atoms with van der Waals surface area (Å²) in [7, 11) is 0. The molecular formula is C17H21N3O. The fraction of sp³-hybridized carbons (Fsp3) is 0.412. The summed E-state index contributed by atoms with van der Waals surface area (Å²) >= 11 is 0. The second-order valence-electron chi connectivity index (χ2n) is 5.58. The number of hydrogen-bond acceptors (Lipinski definition) is 4. The summed E-state index contributed by atoms with van der Waals surface area (Å²) in [5, 5.41) is 12.6. The van der Waals surface area contributed by atoms with Gasteiger partial charge in [-0.25, -0.2) is 9.97 Å². The number of aliphatic hydroxyl groups excluding tert-OH is 1. The Morgan fingerprint density at radius 1 is 1.19 bits per heavy atom. The van der Waals surface area contributed by atoms with Crippen LogP contribution in [0, 0.1) is 0 Å². The highest BCUT2D eigenvalue weighted by Crippen LogP contribution is 2.19. The Morgan fingerprint density at radius 2 is 2.05 bits per heavy atom. The minimum atomic E-state index is 0.0731. The maximum Gasteiger partial charge on any atom is 0.116 e. The lowest BCUT2D eigenvalue weighted by Crippen LogP contribution is -2.21. The molecular weight excluding hydrogens is 262 g/mol. The maximum absolute atomic E-state index is 9.09. The monoisotopic (exact) mass is 283 g/mol. The minimum absolute atomic E-state index is 0.0731. The van der Waals surface area contributed by atoms with Gasteiger partial charge in [-0.15, -0.1) is 0 Å². The quantitative estimate of drug-likeness (QED) is 0.884. The van der Waals surface area contributed by atoms with Gasteiger partial charge in [-0.1, -0.05) is 24.3 Å². The number of benzene rings is 1. The molecule has 2 heterocycles. The van der Waals surface area contributed by atoms with Gasteiger partial charge in [-0.2, -0.15) is 0 Å². The Hall–Kier alpha value is -1.78. The van der Waals surface area contributed by atoms with Gasteiger partial charge in [0.05, 0.1) is 12.3 Å². The highest BCUT2D eigenvalue weighted by atomic mass is 16.3. The van der Waals surface area contributed by atoms with Crippen LogP contribution >= 0.6 is 0 Å². The summed E-state index contributed by atoms with van der Waals surface area (Å²) in [6, 6.07) is 10.6. The van der Waals surface area contributed by atoms with Crippen LogP contribution in [0.3, 0.4) is 0 Å². The average Bonchev–Trinajstić information content (AvgIpc) is 3.07. The fourth-order valence-corrected chi connectivity index (χ4v) is 2.80. The van der Waals surface area contributed by atoms with Gasteiger partial charge in [-0.05, 0) is 43.9 Å². The van der Waals surface area contributed by atoms with Crippen molar-refractivity contribution in [1.29, 1.82) is 0 Å². The standard InChI is InChI=1S/C17H21N3O/c21-11-13-3-5-14(6-4-13)17-10-16(19-12-20-17)8-7-15-2-1-9-18-15/h3-6,10,12,15,18,21H,1-2,7-9,11H2/t15-/m1/s1. The van der Waals surface area contributed by atoms with Crippen LogP contribution in [0.5, 0.6) is 0 Å². The maximum atomic E-state index is 9.09. The van der Waals surface area contributed by atoms with Crippen molar-refractivity contribution in [2.75, 3.05) is 6.54 Å². The van der Waals surface area contributed by atoms with Crippen LogP contribution in [0.4, 0.5) is 0 Å². The summed E-state index contributed by atoms with van der Waals surface area (Å²) in [5.41, 5.74) is 4.03. The molecule has 1 aliphatic heterocycles. The summed E-state index contributed by atoms with van der Waals surface area (Å²) < 4.78 is 0. The van der Waals surface area contributed by atoms with E-state index >= 15 is 0 Å². The van der Waals surface area contributed by atoms with E-state index in [1.54, 1.807) is 6.33 Å². The van der Waals surface area contributed by atoms with Crippen molar-refractivity contribution in [2.45, 2.75) is 38.3 Å². The first-order valence-electron chi connectivity index (χ1n) is 7.59. The predicted molar refractivity (Wildman–Crippen MR) is 82.7 cm³/mol. The van der Waals surface area contributed by atoms with Gasteiger partial charge >= 0.3 is 0 Å². The van der Waals surface area contributed by atoms with Crippen LogP contribution in [0.15, 0.2) is 36.7 Å². The zero-order chi connectivity index (χ0) is 14.5. The Bertz CT molecular complexity index is 577. The smallest absolute Gasteiger partial charge is 0.116 e. The number of aryl methyl sites for hydroxylation is 1. The Labute approximate surface area is 125 Å². The molecule has 0 bridgehead atoms. The molecule has 0 radical (unpaired) electrons. The Balaban J connectivity index is 1.69. The highest BCUT2D eigenvalue weighted by molar-refractivity contribution is 5.59. The van der Waals surface area contributed by atoms with Gasteiger partial charge in [0, 0.05) is 17.3 Å². The van der Waals surface area contributed by atoms with Crippen LogP contribution in [0.1, 0.15) is 30.5 Å². The van der Waals surface area contributed by atoms with E-state index in [1.807, 2.05) is 24.3 Å². The van der Waals surface area contributed by atoms with Gasteiger partial charge in [-0.3, -0.25) is 0 Å². The van der Waals surface area contributed by atoms with Crippen LogP contribution in [-0.2, 0) is 13.0 Å². The number of aromatic nitrogens is 2. The molecule has 21 heavy (non-hydrogen) atoms. The van der Waals surface area contributed by atoms with Gasteiger partial charge in [0.15, 0.2) is 0 Å². The van der Waals surface area contributed by atoms with Crippen molar-refractivity contribution in [3.05, 3.63) is 47.9 Å². The summed E-state index contributed by atoms with van der Waals surface area (Å²) in [6.07, 6.45) is 6.34. The minimum Gasteiger partial charge on any atom is -0.392 e. The van der Waals surface area contributed by atoms with Gasteiger partial charge < -0.3 is 10.4 Å². The Morgan fingerprint density at radius 3 is 2.76 bits per heavy atom. The molecule has 0 unspecified atom stereocenters. The van der Waals surface area contributed by atoms with E-state index in [4.69, 9.17) is 5.11 Å². The fourth-order valence-electron chi connectivity index (χ4n) is 2.80. The topological polar surface area (TPSA) is 58.0 Å². The zero-order valence-electron chi connectivity index (χ0n) is 12.1. The number of rotatable bonds is 5. The molecule has 1 atom stereocenters. The molecule has 1 aliphatic rings. The molecule has 110 valence electrons. The molecule has 1 saturated heterocycles. The third kappa shape index (κ3) is 3.65. The molecule has 3 rings (SSSR count). The zero-order valence-corrected chi connectivity index (χ0v) is 12.1. The van der Waals surface area contributed by atoms with E-state index in [-0.39, 0.29) is 6.61 Å². The number of aliphatic hydroxyl groups is 1. The predicted octanol–water partition coefficient (Wildman–Crippen LogP) is 2.32. The third-order valence-corrected chi connectivity index (χ3v) is 4.07. The molecule has 4 nitrogen and oxygen atoms in total. The van der Waals surface area contributed by atoms with Gasteiger partial charge in [0.1, 0.15) is 6.33 Å². The summed E-state index contributed by atoms with van der Waals surface area (Å²) in [5.74, 6) is 0. The van der Waals surface area contributed by atoms with Crippen molar-refractivity contribution in [1.82, 2.24) is 15.3 Å². The van der Waals surface area contributed by atoms with Crippen LogP contribution in [0.2, 0.25) is 0 Å². The average molecular weight is 283 g/mol. The number of nitrogens with zero attached hydrogens (tertiary/aromatic N) is 2. The van der Waals surface area contributed by atoms with Crippen LogP contribution < -0.4 is 5.32 Å². The molecule has 0 aliphatic carbocycles. The number of nitrogens with one attached hydrogen (secondary N) is 1. The van der Waals surface area contributed by atoms with E-state index < -0.39 is 0 Å². The molecule has 1 aromatic carbocycles. The van der Waals surface area contributed by atoms with Crippen molar-refractivity contribution >= 4 is 0 Å². The first-order chi connectivity index (χ1) is 10.3. The molecule has 0 amide bonds. The molecule has 0 saturated carbocycles. The second kappa shape index (κ2) is 6.78. The summed E-state index contributed by atoms with van der Waals surface area (Å²) in [4.78, 5) is 8.74. The first kappa shape index (κ1) is 14.2. The SMILES string of the molecule is OCc1ccc(-c2cc(CC[C@H]3CCCN3)ncn2)cc1. The first-order valence-corrected chi connectivity index (χ1v) is 7.59. The lowest BCUT2D eigenvalue weighted by atomic mass is 10.1. The van der Waals surface area contributed by atoms with Crippen molar-refractivity contribution in [3.63, 3.8) is 0 Å². The van der Waals surface area contributed by atoms with Crippen LogP contribution in [0.25, 0.3) is 11.3 Å². The normalized spacial score (nSPS) is 18.0. The van der Waals surface area contributed by atoms with E-state index in [1.165, 1.54) is 12.8 Å². The highest BCUT2D eigenvalue weighted by Gasteiger charge is 2.14. The molecule has 2 N–H and O–H groups in total. The van der Waals surface area contributed by atoms with Crippen LogP contribution in [-0.4, -0.2) is 27.7 Å². The van der Waals surface area contributed by atoms with E-state index in [2.05, 4.69) is 21.4 Å². The molecule has 0 spiro atoms. The van der Waals surface area contributed by atoms with Gasteiger partial charge in [0.2, 0.25) is 0 Å². The molecule has 2 aromatic rings. The van der Waals surface area contributed by atoms with E-state index in [9.17, 15) is 0 Å². The van der Waals surface area contributed by atoms with Crippen molar-refractivity contribution in [3.8, 4) is 11.3 Å². The van der Waals surface area contributed by atoms with Crippen molar-refractivity contribution in [2.24, 2.45) is 0 Å². The molecule has 4 heteroatoms. The lowest BCUT2D eigenvalue weighted by molar-refractivity contribution is 0.282. The lowest BCUT2D eigenvalue weighted by Gasteiger charge is -2.09. The van der Waals surface area contributed by atoms with Crippen molar-refractivity contribution < 1.29 is 5.11 Å². The second-order valence-corrected chi connectivity index (χ2v) is 5.58. The third-order valence-electron chi connectivity index (χ3n) is 4.07.